The lowest BCUT2D eigenvalue weighted by atomic mass is 10.1. The Balaban J connectivity index is 1.94. The number of aryl methyl sites for hydroxylation is 1. The number of thiophene rings is 1. The maximum atomic E-state index is 5.01. The van der Waals surface area contributed by atoms with Gasteiger partial charge in [-0.15, -0.1) is 11.3 Å². The molecule has 0 bridgehead atoms. The Labute approximate surface area is 140 Å². The molecule has 0 fully saturated rings. The van der Waals surface area contributed by atoms with E-state index in [2.05, 4.69) is 63.5 Å². The van der Waals surface area contributed by atoms with Gasteiger partial charge in [0.1, 0.15) is 5.52 Å². The van der Waals surface area contributed by atoms with Gasteiger partial charge >= 0.3 is 0 Å². The normalized spacial score (nSPS) is 12.4. The molecule has 4 nitrogen and oxygen atoms in total. The molecule has 24 heavy (non-hydrogen) atoms. The highest BCUT2D eigenvalue weighted by molar-refractivity contribution is 7.26. The molecule has 6 aromatic rings. The van der Waals surface area contributed by atoms with Gasteiger partial charge in [0.25, 0.3) is 0 Å². The van der Waals surface area contributed by atoms with Crippen molar-refractivity contribution in [2.45, 2.75) is 0 Å². The third-order valence-corrected chi connectivity index (χ3v) is 5.93. The Morgan fingerprint density at radius 1 is 0.917 bits per heavy atom. The van der Waals surface area contributed by atoms with Crippen molar-refractivity contribution in [3.8, 4) is 0 Å². The fourth-order valence-corrected chi connectivity index (χ4v) is 4.83. The van der Waals surface area contributed by atoms with Gasteiger partial charge in [-0.1, -0.05) is 12.1 Å². The van der Waals surface area contributed by atoms with Crippen molar-refractivity contribution in [1.29, 1.82) is 0 Å². The predicted octanol–water partition coefficient (Wildman–Crippen LogP) is 4.74. The summed E-state index contributed by atoms with van der Waals surface area (Å²) < 4.78 is 6.90. The van der Waals surface area contributed by atoms with Gasteiger partial charge in [0.2, 0.25) is 5.78 Å². The van der Waals surface area contributed by atoms with Crippen LogP contribution in [0.3, 0.4) is 0 Å². The molecule has 6 rings (SSSR count). The molecular weight excluding hydrogens is 316 g/mol. The summed E-state index contributed by atoms with van der Waals surface area (Å²) in [4.78, 5) is 9.27. The Morgan fingerprint density at radius 3 is 2.71 bits per heavy atom. The molecule has 0 aliphatic carbocycles. The van der Waals surface area contributed by atoms with Gasteiger partial charge in [-0.25, -0.2) is 4.98 Å². The van der Waals surface area contributed by atoms with Crippen molar-refractivity contribution in [3.05, 3.63) is 54.9 Å². The van der Waals surface area contributed by atoms with Gasteiger partial charge in [-0.3, -0.25) is 9.38 Å². The van der Waals surface area contributed by atoms with Crippen LogP contribution in [-0.2, 0) is 7.05 Å². The summed E-state index contributed by atoms with van der Waals surface area (Å²) in [5.74, 6) is 0.979. The first-order valence-corrected chi connectivity index (χ1v) is 8.65. The highest BCUT2D eigenvalue weighted by Gasteiger charge is 2.17. The first kappa shape index (κ1) is 12.5. The summed E-state index contributed by atoms with van der Waals surface area (Å²) in [6, 6.07) is 14.9. The predicted molar refractivity (Wildman–Crippen MR) is 99.9 cm³/mol. The van der Waals surface area contributed by atoms with Gasteiger partial charge in [0.15, 0.2) is 0 Å². The molecule has 5 heteroatoms. The molecule has 0 saturated carbocycles. The van der Waals surface area contributed by atoms with E-state index >= 15 is 0 Å². The lowest BCUT2D eigenvalue weighted by molar-refractivity contribution is 0.974. The highest BCUT2D eigenvalue weighted by atomic mass is 32.1. The molecule has 0 aliphatic rings. The number of rotatable bonds is 0. The fraction of sp³-hybridized carbons (Fsp3) is 0.0526. The second kappa shape index (κ2) is 4.13. The summed E-state index contributed by atoms with van der Waals surface area (Å²) in [5.41, 5.74) is 4.62. The van der Waals surface area contributed by atoms with Gasteiger partial charge < -0.3 is 4.57 Å². The van der Waals surface area contributed by atoms with Crippen LogP contribution in [-0.4, -0.2) is 18.9 Å². The van der Waals surface area contributed by atoms with Crippen molar-refractivity contribution in [3.63, 3.8) is 0 Å². The van der Waals surface area contributed by atoms with Crippen LogP contribution < -0.4 is 0 Å². The first-order valence-electron chi connectivity index (χ1n) is 7.84. The molecule has 4 heterocycles. The minimum Gasteiger partial charge on any atom is -0.313 e. The van der Waals surface area contributed by atoms with Crippen LogP contribution in [0, 0.1) is 0 Å². The van der Waals surface area contributed by atoms with Crippen LogP contribution in [0.4, 0.5) is 0 Å². The summed E-state index contributed by atoms with van der Waals surface area (Å²) in [5, 5.41) is 2.48. The van der Waals surface area contributed by atoms with Crippen LogP contribution in [0.1, 0.15) is 0 Å². The molecule has 0 spiro atoms. The van der Waals surface area contributed by atoms with Crippen LogP contribution in [0.25, 0.3) is 48.0 Å². The average molecular weight is 328 g/mol. The van der Waals surface area contributed by atoms with Crippen molar-refractivity contribution in [2.24, 2.45) is 7.05 Å². The molecule has 0 radical (unpaired) electrons. The monoisotopic (exact) mass is 328 g/mol. The van der Waals surface area contributed by atoms with Gasteiger partial charge in [-0.05, 0) is 30.3 Å². The number of para-hydroxylation sites is 2. The highest BCUT2D eigenvalue weighted by Crippen LogP contribution is 2.38. The van der Waals surface area contributed by atoms with E-state index in [4.69, 9.17) is 4.98 Å². The number of fused-ring (bicyclic) bond motifs is 9. The van der Waals surface area contributed by atoms with Crippen LogP contribution in [0.2, 0.25) is 0 Å². The van der Waals surface area contributed by atoms with Crippen molar-refractivity contribution in [1.82, 2.24) is 18.9 Å². The van der Waals surface area contributed by atoms with E-state index < -0.39 is 0 Å². The molecule has 4 aromatic heterocycles. The molecule has 114 valence electrons. The number of hydrogen-bond donors (Lipinski definition) is 0. The molecule has 0 aliphatic heterocycles. The Hall–Kier alpha value is -2.92. The maximum absolute atomic E-state index is 5.01. The zero-order valence-corrected chi connectivity index (χ0v) is 13.7. The minimum absolute atomic E-state index is 0.979. The van der Waals surface area contributed by atoms with E-state index in [9.17, 15) is 0 Å². The average Bonchev–Trinajstić information content (AvgIpc) is 3.25. The zero-order chi connectivity index (χ0) is 15.8. The zero-order valence-electron chi connectivity index (χ0n) is 12.9. The topological polar surface area (TPSA) is 35.1 Å². The van der Waals surface area contributed by atoms with Gasteiger partial charge in [0, 0.05) is 34.9 Å². The van der Waals surface area contributed by atoms with Crippen LogP contribution >= 0.6 is 11.3 Å². The smallest absolute Gasteiger partial charge is 0.215 e. The van der Waals surface area contributed by atoms with Crippen LogP contribution in [0.5, 0.6) is 0 Å². The maximum Gasteiger partial charge on any atom is 0.215 e. The Kier molecular flexibility index (Phi) is 2.15. The SMILES string of the molecule is Cn1c2ccccc2n2c3ccc4sc5cnccc5c4c3nc12. The molecule has 0 atom stereocenters. The summed E-state index contributed by atoms with van der Waals surface area (Å²) in [6.07, 6.45) is 3.80. The van der Waals surface area contributed by atoms with E-state index in [-0.39, 0.29) is 0 Å². The quantitative estimate of drug-likeness (QED) is 0.403. The van der Waals surface area contributed by atoms with E-state index in [0.29, 0.717) is 0 Å². The molecule has 2 aromatic carbocycles. The lowest BCUT2D eigenvalue weighted by Gasteiger charge is -1.97. The molecule has 0 amide bonds. The second-order valence-corrected chi connectivity index (χ2v) is 7.16. The summed E-state index contributed by atoms with van der Waals surface area (Å²) in [7, 11) is 2.08. The second-order valence-electron chi connectivity index (χ2n) is 6.08. The number of imidazole rings is 2. The van der Waals surface area contributed by atoms with E-state index in [1.807, 2.05) is 12.4 Å². The number of aromatic nitrogens is 4. The fourth-order valence-electron chi connectivity index (χ4n) is 3.75. The van der Waals surface area contributed by atoms with E-state index in [1.54, 1.807) is 11.3 Å². The van der Waals surface area contributed by atoms with Crippen molar-refractivity contribution >= 4 is 59.4 Å². The number of benzene rings is 2. The molecular formula is C19H12N4S. The minimum atomic E-state index is 0.979. The summed E-state index contributed by atoms with van der Waals surface area (Å²) >= 11 is 1.78. The summed E-state index contributed by atoms with van der Waals surface area (Å²) in [6.45, 7) is 0. The third-order valence-electron chi connectivity index (χ3n) is 4.83. The van der Waals surface area contributed by atoms with Crippen molar-refractivity contribution < 1.29 is 0 Å². The van der Waals surface area contributed by atoms with Gasteiger partial charge in [-0.2, -0.15) is 0 Å². The largest absolute Gasteiger partial charge is 0.313 e. The number of pyridine rings is 1. The van der Waals surface area contributed by atoms with E-state index in [1.165, 1.54) is 31.2 Å². The third kappa shape index (κ3) is 1.35. The van der Waals surface area contributed by atoms with Crippen LogP contribution in [0.15, 0.2) is 54.9 Å². The lowest BCUT2D eigenvalue weighted by Crippen LogP contribution is -1.87. The van der Waals surface area contributed by atoms with Crippen molar-refractivity contribution in [2.75, 3.05) is 0 Å². The standard InChI is InChI=1S/C19H12N4S/c1-22-12-4-2-3-5-13(12)23-14-6-7-15-17(18(14)21-19(22)23)11-8-9-20-10-16(11)24-15/h2-10H,1H3. The van der Waals surface area contributed by atoms with Gasteiger partial charge in [0.05, 0.1) is 21.3 Å². The van der Waals surface area contributed by atoms with E-state index in [0.717, 1.165) is 16.8 Å². The number of nitrogens with zero attached hydrogens (tertiary/aromatic N) is 4. The molecule has 0 unspecified atom stereocenters. The Morgan fingerprint density at radius 2 is 1.79 bits per heavy atom. The molecule has 0 saturated heterocycles. The first-order chi connectivity index (χ1) is 11.8. The Bertz CT molecular complexity index is 1420. The molecule has 0 N–H and O–H groups in total. The number of hydrogen-bond acceptors (Lipinski definition) is 3.